The molecule has 0 aliphatic heterocycles. The van der Waals surface area contributed by atoms with Crippen molar-refractivity contribution in [3.63, 3.8) is 0 Å². The molecule has 0 radical (unpaired) electrons. The fourth-order valence-electron chi connectivity index (χ4n) is 2.31. The zero-order valence-corrected chi connectivity index (χ0v) is 14.6. The Bertz CT molecular complexity index is 889. The average Bonchev–Trinajstić information content (AvgIpc) is 2.72. The maximum atomic E-state index is 12.6. The topological polar surface area (TPSA) is 81.3 Å². The number of carbonyl (C=O) groups excluding carboxylic acids is 1. The summed E-state index contributed by atoms with van der Waals surface area (Å²) in [6.07, 6.45) is 1.41. The molecule has 132 valence electrons. The van der Waals surface area contributed by atoms with Gasteiger partial charge in [-0.1, -0.05) is 30.3 Å². The molecular formula is C19H17ClN4O2. The number of carbonyl (C=O) groups is 1. The Morgan fingerprint density at radius 3 is 2.65 bits per heavy atom. The highest BCUT2D eigenvalue weighted by Crippen LogP contribution is 2.20. The Hall–Kier alpha value is -2.96. The van der Waals surface area contributed by atoms with Gasteiger partial charge in [-0.3, -0.25) is 4.79 Å². The van der Waals surface area contributed by atoms with Gasteiger partial charge in [-0.2, -0.15) is 0 Å². The number of nitrogens with zero attached hydrogens (tertiary/aromatic N) is 3. The van der Waals surface area contributed by atoms with Gasteiger partial charge >= 0.3 is 0 Å². The van der Waals surface area contributed by atoms with E-state index in [1.807, 2.05) is 24.3 Å². The molecule has 26 heavy (non-hydrogen) atoms. The van der Waals surface area contributed by atoms with Gasteiger partial charge in [0.25, 0.3) is 5.91 Å². The van der Waals surface area contributed by atoms with Crippen LogP contribution in [-0.2, 0) is 13.2 Å². The summed E-state index contributed by atoms with van der Waals surface area (Å²) in [6.45, 7) is 0.573. The third-order valence-corrected chi connectivity index (χ3v) is 3.98. The molecule has 1 heterocycles. The first-order valence-corrected chi connectivity index (χ1v) is 8.29. The van der Waals surface area contributed by atoms with E-state index in [4.69, 9.17) is 22.2 Å². The maximum Gasteiger partial charge on any atom is 0.272 e. The first-order chi connectivity index (χ1) is 12.7. The van der Waals surface area contributed by atoms with Crippen LogP contribution in [0.15, 0.2) is 67.0 Å². The summed E-state index contributed by atoms with van der Waals surface area (Å²) < 4.78 is 6.74. The Balaban J connectivity index is 1.70. The van der Waals surface area contributed by atoms with E-state index >= 15 is 0 Å². The van der Waals surface area contributed by atoms with Crippen molar-refractivity contribution in [2.75, 3.05) is 4.42 Å². The smallest absolute Gasteiger partial charge is 0.272 e. The lowest BCUT2D eigenvalue weighted by molar-refractivity contribution is 0.101. The lowest BCUT2D eigenvalue weighted by Gasteiger charge is -2.14. The number of anilines is 1. The first kappa shape index (κ1) is 17.8. The highest BCUT2D eigenvalue weighted by molar-refractivity contribution is 6.39. The van der Waals surface area contributed by atoms with E-state index in [-0.39, 0.29) is 12.5 Å². The highest BCUT2D eigenvalue weighted by atomic mass is 35.5. The highest BCUT2D eigenvalue weighted by Gasteiger charge is 2.16. The fraction of sp³-hybridized carbons (Fsp3) is 0.105. The number of nitrogens with two attached hydrogens (primary N) is 1. The van der Waals surface area contributed by atoms with Gasteiger partial charge in [0.05, 0.1) is 11.4 Å². The van der Waals surface area contributed by atoms with Crippen LogP contribution in [0.4, 0.5) is 5.69 Å². The minimum Gasteiger partial charge on any atom is -0.473 e. The van der Waals surface area contributed by atoms with Gasteiger partial charge in [-0.15, -0.1) is 0 Å². The normalized spacial score (nSPS) is 10.4. The van der Waals surface area contributed by atoms with Crippen LogP contribution in [0.5, 0.6) is 5.88 Å². The van der Waals surface area contributed by atoms with Gasteiger partial charge in [0.1, 0.15) is 12.9 Å². The predicted octanol–water partition coefficient (Wildman–Crippen LogP) is 3.31. The number of benzene rings is 2. The molecule has 6 nitrogen and oxygen atoms in total. The average molecular weight is 369 g/mol. The number of amides is 1. The van der Waals surface area contributed by atoms with Crippen LogP contribution in [-0.4, -0.2) is 15.9 Å². The molecule has 0 atom stereocenters. The van der Waals surface area contributed by atoms with Crippen LogP contribution >= 0.6 is 11.8 Å². The van der Waals surface area contributed by atoms with E-state index in [1.165, 1.54) is 6.33 Å². The second-order valence-electron chi connectivity index (χ2n) is 5.46. The number of ether oxygens (including phenoxy) is 1. The molecule has 0 aliphatic rings. The predicted molar refractivity (Wildman–Crippen MR) is 99.8 cm³/mol. The van der Waals surface area contributed by atoms with Crippen LogP contribution < -0.4 is 14.9 Å². The van der Waals surface area contributed by atoms with Crippen molar-refractivity contribution in [3.05, 3.63) is 83.8 Å². The van der Waals surface area contributed by atoms with Gasteiger partial charge in [0, 0.05) is 30.0 Å². The van der Waals surface area contributed by atoms with Crippen LogP contribution in [0.3, 0.4) is 0 Å². The number of halogens is 1. The number of para-hydroxylation sites is 1. The molecule has 0 fully saturated rings. The van der Waals surface area contributed by atoms with Crippen LogP contribution in [0.2, 0.25) is 0 Å². The Kier molecular flexibility index (Phi) is 5.78. The molecule has 0 unspecified atom stereocenters. The lowest BCUT2D eigenvalue weighted by Crippen LogP contribution is -2.20. The molecule has 0 saturated carbocycles. The van der Waals surface area contributed by atoms with Crippen molar-refractivity contribution < 1.29 is 9.53 Å². The molecule has 0 saturated heterocycles. The zero-order chi connectivity index (χ0) is 18.4. The summed E-state index contributed by atoms with van der Waals surface area (Å²) in [7, 11) is 0. The van der Waals surface area contributed by atoms with Gasteiger partial charge in [-0.05, 0) is 29.8 Å². The molecule has 3 rings (SSSR count). The van der Waals surface area contributed by atoms with E-state index in [1.54, 1.807) is 36.4 Å². The van der Waals surface area contributed by atoms with Gasteiger partial charge < -0.3 is 10.5 Å². The second-order valence-corrected chi connectivity index (χ2v) is 5.80. The van der Waals surface area contributed by atoms with Gasteiger partial charge in [0.2, 0.25) is 5.88 Å². The lowest BCUT2D eigenvalue weighted by atomic mass is 10.1. The fourth-order valence-corrected chi connectivity index (χ4v) is 2.52. The van der Waals surface area contributed by atoms with E-state index in [2.05, 4.69) is 9.97 Å². The van der Waals surface area contributed by atoms with Crippen LogP contribution in [0.25, 0.3) is 0 Å². The summed E-state index contributed by atoms with van der Waals surface area (Å²) >= 11 is 6.17. The number of aromatic nitrogens is 2. The molecular weight excluding hydrogens is 352 g/mol. The minimum absolute atomic E-state index is 0.260. The van der Waals surface area contributed by atoms with Crippen molar-refractivity contribution in [2.45, 2.75) is 13.2 Å². The Morgan fingerprint density at radius 1 is 1.08 bits per heavy atom. The monoisotopic (exact) mass is 368 g/mol. The summed E-state index contributed by atoms with van der Waals surface area (Å²) in [5.41, 5.74) is 8.15. The van der Waals surface area contributed by atoms with Gasteiger partial charge in [-0.25, -0.2) is 14.4 Å². The number of rotatable bonds is 6. The molecule has 1 amide bonds. The van der Waals surface area contributed by atoms with Crippen molar-refractivity contribution in [3.8, 4) is 5.88 Å². The third kappa shape index (κ3) is 4.36. The SMILES string of the molecule is NCc1cc(OCc2cccc(C(=O)N(Cl)c3ccccc3)c2)ncn1. The molecule has 7 heteroatoms. The number of hydrogen-bond donors (Lipinski definition) is 1. The molecule has 0 bridgehead atoms. The third-order valence-electron chi connectivity index (χ3n) is 3.63. The zero-order valence-electron chi connectivity index (χ0n) is 13.9. The summed E-state index contributed by atoms with van der Waals surface area (Å²) in [4.78, 5) is 20.6. The van der Waals surface area contributed by atoms with Crippen molar-refractivity contribution in [1.82, 2.24) is 9.97 Å². The molecule has 0 spiro atoms. The van der Waals surface area contributed by atoms with E-state index in [0.717, 1.165) is 9.98 Å². The summed E-state index contributed by atoms with van der Waals surface area (Å²) in [5, 5.41) is 0. The van der Waals surface area contributed by atoms with Gasteiger partial charge in [0.15, 0.2) is 0 Å². The van der Waals surface area contributed by atoms with Crippen molar-refractivity contribution in [1.29, 1.82) is 0 Å². The van der Waals surface area contributed by atoms with Crippen LogP contribution in [0, 0.1) is 0 Å². The van der Waals surface area contributed by atoms with Crippen LogP contribution in [0.1, 0.15) is 21.6 Å². The van der Waals surface area contributed by atoms with Crippen molar-refractivity contribution in [2.24, 2.45) is 5.73 Å². The van der Waals surface area contributed by atoms with E-state index < -0.39 is 0 Å². The summed E-state index contributed by atoms with van der Waals surface area (Å²) in [5.74, 6) is 0.118. The molecule has 3 aromatic rings. The Morgan fingerprint density at radius 2 is 1.88 bits per heavy atom. The standard InChI is InChI=1S/C19H17ClN4O2/c20-24(17-7-2-1-3-8-17)19(25)15-6-4-5-14(9-15)12-26-18-10-16(11-21)22-13-23-18/h1-10,13H,11-12,21H2. The first-order valence-electron chi connectivity index (χ1n) is 7.95. The molecule has 0 aliphatic carbocycles. The number of hydrogen-bond acceptors (Lipinski definition) is 5. The largest absolute Gasteiger partial charge is 0.473 e. The minimum atomic E-state index is -0.313. The Labute approximate surface area is 156 Å². The van der Waals surface area contributed by atoms with Crippen molar-refractivity contribution >= 4 is 23.4 Å². The molecule has 2 aromatic carbocycles. The molecule has 2 N–H and O–H groups in total. The summed E-state index contributed by atoms with van der Waals surface area (Å²) in [6, 6.07) is 17.8. The van der Waals surface area contributed by atoms with E-state index in [0.29, 0.717) is 29.4 Å². The molecule has 1 aromatic heterocycles. The quantitative estimate of drug-likeness (QED) is 0.675. The maximum absolute atomic E-state index is 12.6. The van der Waals surface area contributed by atoms with E-state index in [9.17, 15) is 4.79 Å². The second kappa shape index (κ2) is 8.42.